The van der Waals surface area contributed by atoms with Gasteiger partial charge in [0.25, 0.3) is 5.91 Å². The van der Waals surface area contributed by atoms with Gasteiger partial charge in [-0.05, 0) is 49.6 Å². The second-order valence-corrected chi connectivity index (χ2v) is 10.9. The number of aryl methyl sites for hydroxylation is 1. The third-order valence-electron chi connectivity index (χ3n) is 6.30. The summed E-state index contributed by atoms with van der Waals surface area (Å²) in [6.07, 6.45) is 3.75. The average Bonchev–Trinajstić information content (AvgIpc) is 3.57. The zero-order valence-electron chi connectivity index (χ0n) is 18.3. The molecule has 3 aromatic rings. The first-order chi connectivity index (χ1) is 15.9. The Hall–Kier alpha value is -2.68. The quantitative estimate of drug-likeness (QED) is 0.551. The fourth-order valence-corrected chi connectivity index (χ4v) is 6.07. The van der Waals surface area contributed by atoms with Crippen molar-refractivity contribution in [3.8, 4) is 5.69 Å². The van der Waals surface area contributed by atoms with Crippen LogP contribution in [0.25, 0.3) is 5.69 Å². The molecular weight excluding hydrogens is 460 g/mol. The van der Waals surface area contributed by atoms with Gasteiger partial charge < -0.3 is 4.90 Å². The van der Waals surface area contributed by atoms with Crippen molar-refractivity contribution < 1.29 is 13.2 Å². The molecule has 172 valence electrons. The summed E-state index contributed by atoms with van der Waals surface area (Å²) in [4.78, 5) is 15.3. The van der Waals surface area contributed by atoms with Gasteiger partial charge in [0.05, 0.1) is 28.0 Å². The monoisotopic (exact) mass is 484 g/mol. The molecule has 1 aromatic heterocycles. The van der Waals surface area contributed by atoms with E-state index in [0.717, 1.165) is 29.8 Å². The van der Waals surface area contributed by atoms with Crippen molar-refractivity contribution in [2.45, 2.75) is 30.6 Å². The van der Waals surface area contributed by atoms with Crippen LogP contribution in [-0.2, 0) is 10.0 Å². The van der Waals surface area contributed by atoms with E-state index < -0.39 is 10.0 Å². The minimum Gasteiger partial charge on any atom is -0.336 e. The van der Waals surface area contributed by atoms with E-state index >= 15 is 0 Å². The predicted molar refractivity (Wildman–Crippen MR) is 126 cm³/mol. The zero-order chi connectivity index (χ0) is 23.2. The summed E-state index contributed by atoms with van der Waals surface area (Å²) in [5.41, 5.74) is 3.66. The number of nitrogens with zero attached hydrogens (tertiary/aromatic N) is 4. The van der Waals surface area contributed by atoms with Crippen LogP contribution in [0.5, 0.6) is 0 Å². The predicted octanol–water partition coefficient (Wildman–Crippen LogP) is 3.86. The number of sulfonamides is 1. The number of hydrogen-bond donors (Lipinski definition) is 0. The molecule has 1 aliphatic carbocycles. The van der Waals surface area contributed by atoms with Crippen LogP contribution in [0.4, 0.5) is 0 Å². The molecule has 2 heterocycles. The van der Waals surface area contributed by atoms with E-state index in [1.165, 1.54) is 10.4 Å². The van der Waals surface area contributed by atoms with Crippen LogP contribution < -0.4 is 0 Å². The standard InChI is InChI=1S/C24H25ClN4O3S/c1-17-5-2-3-8-22(17)29-23(18-9-10-18)21(16-26-29)24(30)27-11-13-28(14-12-27)33(31,32)20-7-4-6-19(25)15-20/h2-8,15-16,18H,9-14H2,1H3. The van der Waals surface area contributed by atoms with Crippen LogP contribution in [-0.4, -0.2) is 59.5 Å². The summed E-state index contributed by atoms with van der Waals surface area (Å²) in [6, 6.07) is 14.3. The van der Waals surface area contributed by atoms with E-state index in [2.05, 4.69) is 5.10 Å². The third kappa shape index (κ3) is 4.18. The van der Waals surface area contributed by atoms with Crippen molar-refractivity contribution in [1.29, 1.82) is 0 Å². The number of rotatable bonds is 5. The van der Waals surface area contributed by atoms with Gasteiger partial charge in [-0.1, -0.05) is 35.9 Å². The van der Waals surface area contributed by atoms with Gasteiger partial charge in [0.2, 0.25) is 10.0 Å². The maximum Gasteiger partial charge on any atom is 0.257 e. The molecule has 0 N–H and O–H groups in total. The highest BCUT2D eigenvalue weighted by atomic mass is 35.5. The number of carbonyl (C=O) groups is 1. The van der Waals surface area contributed by atoms with Crippen LogP contribution in [0.3, 0.4) is 0 Å². The molecule has 7 nitrogen and oxygen atoms in total. The maximum absolute atomic E-state index is 13.4. The highest BCUT2D eigenvalue weighted by Crippen LogP contribution is 2.43. The molecule has 0 bridgehead atoms. The van der Waals surface area contributed by atoms with Crippen molar-refractivity contribution in [3.05, 3.63) is 76.6 Å². The first-order valence-corrected chi connectivity index (χ1v) is 12.9. The van der Waals surface area contributed by atoms with Crippen molar-refractivity contribution in [2.24, 2.45) is 0 Å². The lowest BCUT2D eigenvalue weighted by Gasteiger charge is -2.34. The molecule has 5 rings (SSSR count). The Morgan fingerprint density at radius 1 is 1.03 bits per heavy atom. The SMILES string of the molecule is Cc1ccccc1-n1ncc(C(=O)N2CCN(S(=O)(=O)c3cccc(Cl)c3)CC2)c1C1CC1. The molecule has 0 radical (unpaired) electrons. The Balaban J connectivity index is 1.35. The second-order valence-electron chi connectivity index (χ2n) is 8.57. The van der Waals surface area contributed by atoms with Gasteiger partial charge in [0, 0.05) is 37.1 Å². The van der Waals surface area contributed by atoms with Crippen molar-refractivity contribution in [1.82, 2.24) is 19.0 Å². The summed E-state index contributed by atoms with van der Waals surface area (Å²) in [7, 11) is -3.65. The number of benzene rings is 2. The molecule has 1 saturated carbocycles. The lowest BCUT2D eigenvalue weighted by Crippen LogP contribution is -2.50. The Bertz CT molecular complexity index is 1310. The van der Waals surface area contributed by atoms with Gasteiger partial charge in [-0.3, -0.25) is 4.79 Å². The summed E-state index contributed by atoms with van der Waals surface area (Å²) >= 11 is 5.98. The summed E-state index contributed by atoms with van der Waals surface area (Å²) in [6.45, 7) is 3.18. The number of carbonyl (C=O) groups excluding carboxylic acids is 1. The Morgan fingerprint density at radius 2 is 1.76 bits per heavy atom. The van der Waals surface area contributed by atoms with Crippen LogP contribution in [0, 0.1) is 6.92 Å². The highest BCUT2D eigenvalue weighted by molar-refractivity contribution is 7.89. The first kappa shape index (κ1) is 22.1. The number of para-hydroxylation sites is 1. The normalized spacial score (nSPS) is 17.3. The lowest BCUT2D eigenvalue weighted by atomic mass is 10.1. The number of halogens is 1. The van der Waals surface area contributed by atoms with Crippen molar-refractivity contribution in [3.63, 3.8) is 0 Å². The Kier molecular flexibility index (Phi) is 5.76. The molecule has 0 spiro atoms. The number of hydrogen-bond acceptors (Lipinski definition) is 4. The molecule has 9 heteroatoms. The number of amides is 1. The van der Waals surface area contributed by atoms with Crippen LogP contribution in [0.2, 0.25) is 5.02 Å². The Labute approximate surface area is 198 Å². The van der Waals surface area contributed by atoms with E-state index in [9.17, 15) is 13.2 Å². The van der Waals surface area contributed by atoms with E-state index in [-0.39, 0.29) is 23.9 Å². The number of aromatic nitrogens is 2. The van der Waals surface area contributed by atoms with E-state index in [1.807, 2.05) is 35.9 Å². The highest BCUT2D eigenvalue weighted by Gasteiger charge is 2.36. The van der Waals surface area contributed by atoms with Gasteiger partial charge in [-0.15, -0.1) is 0 Å². The maximum atomic E-state index is 13.4. The van der Waals surface area contributed by atoms with Crippen molar-refractivity contribution >= 4 is 27.5 Å². The lowest BCUT2D eigenvalue weighted by molar-refractivity contribution is 0.0696. The van der Waals surface area contributed by atoms with E-state index in [0.29, 0.717) is 29.6 Å². The average molecular weight is 485 g/mol. The molecule has 2 aromatic carbocycles. The third-order valence-corrected chi connectivity index (χ3v) is 8.43. The van der Waals surface area contributed by atoms with Gasteiger partial charge in [-0.2, -0.15) is 9.40 Å². The first-order valence-electron chi connectivity index (χ1n) is 11.0. The summed E-state index contributed by atoms with van der Waals surface area (Å²) in [5, 5.41) is 4.95. The topological polar surface area (TPSA) is 75.5 Å². The van der Waals surface area contributed by atoms with Crippen molar-refractivity contribution in [2.75, 3.05) is 26.2 Å². The van der Waals surface area contributed by atoms with E-state index in [1.54, 1.807) is 29.3 Å². The molecule has 1 saturated heterocycles. The van der Waals surface area contributed by atoms with Crippen LogP contribution in [0.15, 0.2) is 59.6 Å². The molecule has 1 amide bonds. The molecule has 1 aliphatic heterocycles. The van der Waals surface area contributed by atoms with Crippen LogP contribution in [0.1, 0.15) is 40.4 Å². The fourth-order valence-electron chi connectivity index (χ4n) is 4.34. The second kappa shape index (κ2) is 8.59. The molecule has 0 unspecified atom stereocenters. The minimum absolute atomic E-state index is 0.0865. The van der Waals surface area contributed by atoms with Gasteiger partial charge in [-0.25, -0.2) is 13.1 Å². The minimum atomic E-state index is -3.65. The zero-order valence-corrected chi connectivity index (χ0v) is 19.9. The van der Waals surface area contributed by atoms with E-state index in [4.69, 9.17) is 11.6 Å². The van der Waals surface area contributed by atoms with Crippen LogP contribution >= 0.6 is 11.6 Å². The van der Waals surface area contributed by atoms with Gasteiger partial charge in [0.15, 0.2) is 0 Å². The van der Waals surface area contributed by atoms with Gasteiger partial charge in [0.1, 0.15) is 0 Å². The molecular formula is C24H25ClN4O3S. The molecule has 33 heavy (non-hydrogen) atoms. The summed E-state index contributed by atoms with van der Waals surface area (Å²) < 4.78 is 29.3. The van der Waals surface area contributed by atoms with Gasteiger partial charge >= 0.3 is 0 Å². The largest absolute Gasteiger partial charge is 0.336 e. The fraction of sp³-hybridized carbons (Fsp3) is 0.333. The number of piperazine rings is 1. The molecule has 2 fully saturated rings. The molecule has 0 atom stereocenters. The smallest absolute Gasteiger partial charge is 0.257 e. The Morgan fingerprint density at radius 3 is 2.42 bits per heavy atom. The summed E-state index contributed by atoms with van der Waals surface area (Å²) in [5.74, 6) is 0.243. The molecule has 2 aliphatic rings.